The minimum absolute atomic E-state index is 0.0220. The van der Waals surface area contributed by atoms with Crippen molar-refractivity contribution in [1.82, 2.24) is 0 Å². The highest BCUT2D eigenvalue weighted by molar-refractivity contribution is 9.11. The van der Waals surface area contributed by atoms with E-state index in [1.54, 1.807) is 48.5 Å². The van der Waals surface area contributed by atoms with E-state index in [1.165, 1.54) is 76.2 Å². The molecule has 1 aliphatic carbocycles. The third-order valence-electron chi connectivity index (χ3n) is 14.0. The van der Waals surface area contributed by atoms with Crippen molar-refractivity contribution in [1.29, 1.82) is 0 Å². The van der Waals surface area contributed by atoms with Crippen LogP contribution in [-0.2, 0) is 0 Å². The number of phenols is 12. The third kappa shape index (κ3) is 8.17. The first kappa shape index (κ1) is 50.2. The number of fused-ring (bicyclic) bond motifs is 8. The predicted molar refractivity (Wildman–Crippen MR) is 285 cm³/mol. The van der Waals surface area contributed by atoms with Gasteiger partial charge < -0.3 is 61.3 Å². The van der Waals surface area contributed by atoms with Crippen LogP contribution in [0.25, 0.3) is 0 Å². The van der Waals surface area contributed by atoms with E-state index in [1.807, 2.05) is 0 Å². The van der Waals surface area contributed by atoms with E-state index < -0.39 is 69.7 Å². The van der Waals surface area contributed by atoms with Gasteiger partial charge >= 0.3 is 0 Å². The zero-order valence-corrected chi connectivity index (χ0v) is 44.8. The van der Waals surface area contributed by atoms with Crippen LogP contribution in [0.4, 0.5) is 0 Å². The Morgan fingerprint density at radius 3 is 0.542 bits per heavy atom. The number of phenolic OH excluding ortho intramolecular Hbond substituents is 12. The van der Waals surface area contributed by atoms with E-state index in [0.29, 0.717) is 17.9 Å². The first-order valence-electron chi connectivity index (χ1n) is 22.2. The van der Waals surface area contributed by atoms with Crippen LogP contribution in [0, 0.1) is 27.7 Å². The van der Waals surface area contributed by atoms with E-state index in [0.717, 1.165) is 0 Å². The van der Waals surface area contributed by atoms with Crippen LogP contribution in [0.1, 0.15) is 113 Å². The zero-order valence-electron chi connectivity index (χ0n) is 38.4. The number of benzene rings is 8. The number of rotatable bonds is 4. The number of halogens is 4. The molecule has 72 heavy (non-hydrogen) atoms. The summed E-state index contributed by atoms with van der Waals surface area (Å²) in [5, 5.41) is 147. The maximum atomic E-state index is 12.4. The quantitative estimate of drug-likeness (QED) is 0.0788. The molecule has 0 spiro atoms. The van der Waals surface area contributed by atoms with Gasteiger partial charge in [0.15, 0.2) is 0 Å². The van der Waals surface area contributed by atoms with Gasteiger partial charge in [0.05, 0.1) is 0 Å². The molecule has 8 aromatic rings. The normalized spacial score (nSPS) is 16.4. The van der Waals surface area contributed by atoms with Crippen molar-refractivity contribution in [3.05, 3.63) is 204 Å². The number of aromatic hydroxyl groups is 12. The molecule has 0 radical (unpaired) electrons. The van der Waals surface area contributed by atoms with Gasteiger partial charge in [0, 0.05) is 131 Å². The highest BCUT2D eigenvalue weighted by Crippen LogP contribution is 2.58. The number of hydrogen-bond donors (Lipinski definition) is 12. The van der Waals surface area contributed by atoms with E-state index in [2.05, 4.69) is 63.7 Å². The summed E-state index contributed by atoms with van der Waals surface area (Å²) in [6.45, 7) is 5.74. The third-order valence-corrected chi connectivity index (χ3v) is 15.9. The molecule has 1 aliphatic rings. The Kier molecular flexibility index (Phi) is 13.1. The van der Waals surface area contributed by atoms with Gasteiger partial charge in [-0.05, 0) is 125 Å². The minimum Gasteiger partial charge on any atom is -0.508 e. The molecular formula is C56H44Br4O12. The van der Waals surface area contributed by atoms with Crippen LogP contribution in [-0.4, -0.2) is 61.3 Å². The molecule has 12 N–H and O–H groups in total. The Morgan fingerprint density at radius 2 is 0.389 bits per heavy atom. The van der Waals surface area contributed by atoms with Crippen molar-refractivity contribution >= 4 is 63.7 Å². The molecule has 0 heterocycles. The van der Waals surface area contributed by atoms with Crippen molar-refractivity contribution in [3.63, 3.8) is 0 Å². The smallest absolute Gasteiger partial charge is 0.126 e. The lowest BCUT2D eigenvalue weighted by Crippen LogP contribution is -2.15. The van der Waals surface area contributed by atoms with Gasteiger partial charge in [0.25, 0.3) is 0 Å². The van der Waals surface area contributed by atoms with Crippen LogP contribution in [0.5, 0.6) is 69.0 Å². The molecular weight excluding hydrogens is 1180 g/mol. The lowest BCUT2D eigenvalue weighted by atomic mass is 9.73. The summed E-state index contributed by atoms with van der Waals surface area (Å²) in [7, 11) is 0. The van der Waals surface area contributed by atoms with E-state index in [-0.39, 0.29) is 112 Å². The second kappa shape index (κ2) is 18.7. The van der Waals surface area contributed by atoms with Crippen molar-refractivity contribution in [2.45, 2.75) is 51.4 Å². The second-order valence-corrected chi connectivity index (χ2v) is 21.7. The second-order valence-electron chi connectivity index (χ2n) is 18.1. The van der Waals surface area contributed by atoms with E-state index in [9.17, 15) is 61.3 Å². The largest absolute Gasteiger partial charge is 0.508 e. The Bertz CT molecular complexity index is 3010. The first-order valence-corrected chi connectivity index (χ1v) is 25.3. The van der Waals surface area contributed by atoms with Gasteiger partial charge in [0.2, 0.25) is 0 Å². The monoisotopic (exact) mass is 1220 g/mol. The molecule has 8 bridgehead atoms. The maximum absolute atomic E-state index is 12.4. The molecule has 0 aromatic heterocycles. The van der Waals surface area contributed by atoms with E-state index >= 15 is 0 Å². The Labute approximate surface area is 446 Å². The van der Waals surface area contributed by atoms with Gasteiger partial charge in [-0.2, -0.15) is 0 Å². The predicted octanol–water partition coefficient (Wildman–Crippen LogP) is 13.5. The van der Waals surface area contributed by atoms with Crippen molar-refractivity contribution < 1.29 is 61.3 Å². The minimum atomic E-state index is -1.39. The highest BCUT2D eigenvalue weighted by atomic mass is 79.9. The number of hydrogen-bond acceptors (Lipinski definition) is 12. The lowest BCUT2D eigenvalue weighted by Gasteiger charge is -2.32. The van der Waals surface area contributed by atoms with Crippen molar-refractivity contribution in [2.24, 2.45) is 0 Å². The molecule has 9 rings (SSSR count). The summed E-state index contributed by atoms with van der Waals surface area (Å²) < 4.78 is 1.90. The molecule has 0 aliphatic heterocycles. The summed E-state index contributed by atoms with van der Waals surface area (Å²) in [4.78, 5) is 0. The summed E-state index contributed by atoms with van der Waals surface area (Å²) in [5.74, 6) is -10.6. The SMILES string of the molecule is Cc1c(O)c2cc(c1O)C(c1cc(Br)ccc1O)c1cc(c(O)c(C)c1O)C(c1cc(Br)ccc1O)c1cc(c(O)c(C)c1O)C(c1cc(Br)ccc1O)c1cc(c(O)c(C)c1O)C2c1cc(Br)ccc1O. The average molecular weight is 1230 g/mol. The fourth-order valence-electron chi connectivity index (χ4n) is 10.2. The molecule has 0 atom stereocenters. The van der Waals surface area contributed by atoms with Crippen LogP contribution >= 0.6 is 63.7 Å². The van der Waals surface area contributed by atoms with E-state index in [4.69, 9.17) is 0 Å². The molecule has 12 nitrogen and oxygen atoms in total. The van der Waals surface area contributed by atoms with Crippen LogP contribution in [0.3, 0.4) is 0 Å². The van der Waals surface area contributed by atoms with Crippen LogP contribution in [0.2, 0.25) is 0 Å². The van der Waals surface area contributed by atoms with Crippen LogP contribution < -0.4 is 0 Å². The summed E-state index contributed by atoms with van der Waals surface area (Å²) in [6.07, 6.45) is 0. The van der Waals surface area contributed by atoms with Crippen molar-refractivity contribution in [3.8, 4) is 69.0 Å². The Morgan fingerprint density at radius 1 is 0.236 bits per heavy atom. The Hall–Kier alpha value is -6.72. The van der Waals surface area contributed by atoms with Gasteiger partial charge in [-0.15, -0.1) is 0 Å². The molecule has 16 heteroatoms. The Balaban J connectivity index is 1.59. The molecule has 368 valence electrons. The molecule has 0 saturated heterocycles. The van der Waals surface area contributed by atoms with Gasteiger partial charge in [-0.1, -0.05) is 63.7 Å². The van der Waals surface area contributed by atoms with Gasteiger partial charge in [-0.3, -0.25) is 0 Å². The fourth-order valence-corrected chi connectivity index (χ4v) is 11.7. The summed E-state index contributed by atoms with van der Waals surface area (Å²) >= 11 is 14.1. The topological polar surface area (TPSA) is 243 Å². The highest BCUT2D eigenvalue weighted by Gasteiger charge is 2.39. The lowest BCUT2D eigenvalue weighted by molar-refractivity contribution is 0.421. The average Bonchev–Trinajstić information content (AvgIpc) is 3.34. The molecule has 0 amide bonds. The molecule has 0 saturated carbocycles. The van der Waals surface area contributed by atoms with Gasteiger partial charge in [-0.25, -0.2) is 0 Å². The summed E-state index contributed by atoms with van der Waals surface area (Å²) in [5.41, 5.74) is -0.113. The van der Waals surface area contributed by atoms with Gasteiger partial charge in [0.1, 0.15) is 69.0 Å². The molecule has 0 fully saturated rings. The maximum Gasteiger partial charge on any atom is 0.126 e. The standard InChI is InChI=1S/C56H44Br4O12/c1-21-49(65)33-17-34(50(21)66)46(30-14-26(58)6-10-42(30)62)36-19-38(54(70)23(3)52(36)68)48(32-16-28(60)8-12-44(32)64)40-20-39(55(71)24(4)56(40)72)47(31-15-27(59)7-11-43(31)63)37-18-35(51(67)22(2)53(37)69)45(33)29-13-25(57)5-9-41(29)61/h5-20,45-48,61-72H,1-4H3. The van der Waals surface area contributed by atoms with Crippen LogP contribution in [0.15, 0.2) is 115 Å². The molecule has 0 unspecified atom stereocenters. The first-order chi connectivity index (χ1) is 34.0. The van der Waals surface area contributed by atoms with Crippen molar-refractivity contribution in [2.75, 3.05) is 0 Å². The zero-order chi connectivity index (χ0) is 52.1. The molecule has 8 aromatic carbocycles. The fraction of sp³-hybridized carbons (Fsp3) is 0.143. The summed E-state index contributed by atoms with van der Waals surface area (Å²) in [6, 6.07) is 23.8.